The van der Waals surface area contributed by atoms with E-state index in [9.17, 15) is 4.79 Å². The van der Waals surface area contributed by atoms with E-state index in [-0.39, 0.29) is 11.9 Å². The van der Waals surface area contributed by atoms with Crippen LogP contribution in [-0.2, 0) is 9.53 Å². The summed E-state index contributed by atoms with van der Waals surface area (Å²) in [6.45, 7) is 3.89. The Morgan fingerprint density at radius 3 is 2.65 bits per heavy atom. The van der Waals surface area contributed by atoms with Crippen molar-refractivity contribution >= 4 is 5.91 Å². The van der Waals surface area contributed by atoms with Gasteiger partial charge in [0, 0.05) is 45.2 Å². The van der Waals surface area contributed by atoms with Gasteiger partial charge in [0.25, 0.3) is 0 Å². The summed E-state index contributed by atoms with van der Waals surface area (Å²) in [5, 5.41) is 3.19. The molecule has 0 radical (unpaired) electrons. The molecule has 1 aliphatic carbocycles. The average Bonchev–Trinajstić information content (AvgIpc) is 2.83. The smallest absolute Gasteiger partial charge is 0.220 e. The van der Waals surface area contributed by atoms with Gasteiger partial charge in [-0.05, 0) is 31.6 Å². The van der Waals surface area contributed by atoms with Crippen LogP contribution in [0, 0.1) is 5.92 Å². The van der Waals surface area contributed by atoms with Gasteiger partial charge in [0.15, 0.2) is 0 Å². The fourth-order valence-electron chi connectivity index (χ4n) is 3.36. The Morgan fingerprint density at radius 2 is 2.05 bits per heavy atom. The predicted molar refractivity (Wildman–Crippen MR) is 79.4 cm³/mol. The van der Waals surface area contributed by atoms with Crippen LogP contribution in [0.1, 0.15) is 38.5 Å². The molecule has 2 aliphatic rings. The first-order valence-electron chi connectivity index (χ1n) is 7.95. The van der Waals surface area contributed by atoms with E-state index in [1.54, 1.807) is 7.11 Å². The van der Waals surface area contributed by atoms with E-state index >= 15 is 0 Å². The maximum atomic E-state index is 12.1. The molecule has 5 nitrogen and oxygen atoms in total. The highest BCUT2D eigenvalue weighted by atomic mass is 16.5. The van der Waals surface area contributed by atoms with Crippen LogP contribution in [0.15, 0.2) is 0 Å². The third kappa shape index (κ3) is 4.72. The third-order valence-electron chi connectivity index (χ3n) is 4.73. The predicted octanol–water partition coefficient (Wildman–Crippen LogP) is 0.731. The van der Waals surface area contributed by atoms with Crippen LogP contribution in [0.3, 0.4) is 0 Å². The second kappa shape index (κ2) is 7.96. The number of piperidine rings is 1. The van der Waals surface area contributed by atoms with Crippen molar-refractivity contribution in [3.8, 4) is 0 Å². The van der Waals surface area contributed by atoms with Gasteiger partial charge >= 0.3 is 0 Å². The second-order valence-electron chi connectivity index (χ2n) is 6.24. The molecule has 3 N–H and O–H groups in total. The van der Waals surface area contributed by atoms with E-state index < -0.39 is 0 Å². The fraction of sp³-hybridized carbons (Fsp3) is 0.933. The molecule has 0 aromatic rings. The van der Waals surface area contributed by atoms with Gasteiger partial charge < -0.3 is 20.7 Å². The minimum atomic E-state index is 0.197. The number of nitrogens with two attached hydrogens (primary N) is 1. The zero-order chi connectivity index (χ0) is 14.4. The third-order valence-corrected chi connectivity index (χ3v) is 4.73. The molecule has 5 heteroatoms. The molecular formula is C15H29N3O2. The van der Waals surface area contributed by atoms with Crippen molar-refractivity contribution in [2.75, 3.05) is 33.4 Å². The lowest BCUT2D eigenvalue weighted by molar-refractivity contribution is -0.123. The van der Waals surface area contributed by atoms with E-state index in [4.69, 9.17) is 10.5 Å². The highest BCUT2D eigenvalue weighted by Gasteiger charge is 2.27. The van der Waals surface area contributed by atoms with Crippen LogP contribution in [-0.4, -0.2) is 56.2 Å². The number of rotatable bonds is 6. The maximum absolute atomic E-state index is 12.1. The normalized spacial score (nSPS) is 28.7. The number of nitrogens with one attached hydrogen (secondary N) is 1. The summed E-state index contributed by atoms with van der Waals surface area (Å²) in [5.74, 6) is 0.597. The highest BCUT2D eigenvalue weighted by molar-refractivity contribution is 5.76. The van der Waals surface area contributed by atoms with Crippen molar-refractivity contribution in [3.63, 3.8) is 0 Å². The summed E-state index contributed by atoms with van der Waals surface area (Å²) >= 11 is 0. The molecule has 2 fully saturated rings. The first-order valence-corrected chi connectivity index (χ1v) is 7.95. The number of likely N-dealkylation sites (tertiary alicyclic amines) is 1. The summed E-state index contributed by atoms with van der Waals surface area (Å²) in [4.78, 5) is 14.5. The fourth-order valence-corrected chi connectivity index (χ4v) is 3.36. The Labute approximate surface area is 122 Å². The number of hydrogen-bond donors (Lipinski definition) is 2. The quantitative estimate of drug-likeness (QED) is 0.754. The monoisotopic (exact) mass is 283 g/mol. The second-order valence-corrected chi connectivity index (χ2v) is 6.24. The molecule has 1 aliphatic heterocycles. The van der Waals surface area contributed by atoms with Crippen molar-refractivity contribution in [2.45, 2.75) is 50.6 Å². The van der Waals surface area contributed by atoms with Crippen molar-refractivity contribution in [2.24, 2.45) is 11.7 Å². The van der Waals surface area contributed by atoms with Crippen LogP contribution in [0.4, 0.5) is 0 Å². The lowest BCUT2D eigenvalue weighted by Gasteiger charge is -2.32. The van der Waals surface area contributed by atoms with Gasteiger partial charge in [-0.2, -0.15) is 0 Å². The molecule has 2 rings (SSSR count). The molecule has 0 aromatic heterocycles. The average molecular weight is 283 g/mol. The minimum Gasteiger partial charge on any atom is -0.383 e. The van der Waals surface area contributed by atoms with Crippen molar-refractivity contribution < 1.29 is 9.53 Å². The number of amides is 1. The van der Waals surface area contributed by atoms with E-state index in [0.29, 0.717) is 18.4 Å². The standard InChI is InChI=1S/C15H29N3O2/c1-20-10-9-18-7-5-13(6-8-18)17-15(19)11-12-3-2-4-14(12)16/h12-14H,2-11,16H2,1H3,(H,17,19)/t12-,14+/m0/s1. The van der Waals surface area contributed by atoms with E-state index in [1.165, 1.54) is 6.42 Å². The van der Waals surface area contributed by atoms with Gasteiger partial charge in [0.1, 0.15) is 0 Å². The molecule has 1 amide bonds. The summed E-state index contributed by atoms with van der Waals surface area (Å²) in [6.07, 6.45) is 6.08. The molecular weight excluding hydrogens is 254 g/mol. The van der Waals surface area contributed by atoms with Crippen LogP contribution >= 0.6 is 0 Å². The topological polar surface area (TPSA) is 67.6 Å². The molecule has 0 aromatic carbocycles. The molecule has 0 spiro atoms. The molecule has 2 atom stereocenters. The molecule has 1 saturated carbocycles. The largest absolute Gasteiger partial charge is 0.383 e. The van der Waals surface area contributed by atoms with Crippen LogP contribution < -0.4 is 11.1 Å². The van der Waals surface area contributed by atoms with Crippen LogP contribution in [0.25, 0.3) is 0 Å². The summed E-state index contributed by atoms with van der Waals surface area (Å²) in [6, 6.07) is 0.579. The SMILES string of the molecule is COCCN1CCC(NC(=O)C[C@@H]2CCC[C@H]2N)CC1. The van der Waals surface area contributed by atoms with Crippen molar-refractivity contribution in [3.05, 3.63) is 0 Å². The Bertz CT molecular complexity index is 303. The van der Waals surface area contributed by atoms with Gasteiger partial charge in [-0.3, -0.25) is 4.79 Å². The zero-order valence-corrected chi connectivity index (χ0v) is 12.6. The maximum Gasteiger partial charge on any atom is 0.220 e. The molecule has 0 bridgehead atoms. The summed E-state index contributed by atoms with van der Waals surface area (Å²) in [5.41, 5.74) is 6.03. The Balaban J connectivity index is 1.63. The van der Waals surface area contributed by atoms with Gasteiger partial charge in [-0.25, -0.2) is 0 Å². The van der Waals surface area contributed by atoms with E-state index in [2.05, 4.69) is 10.2 Å². The highest BCUT2D eigenvalue weighted by Crippen LogP contribution is 2.26. The lowest BCUT2D eigenvalue weighted by atomic mass is 9.98. The number of methoxy groups -OCH3 is 1. The van der Waals surface area contributed by atoms with Gasteiger partial charge in [-0.1, -0.05) is 6.42 Å². The van der Waals surface area contributed by atoms with Crippen molar-refractivity contribution in [1.82, 2.24) is 10.2 Å². The van der Waals surface area contributed by atoms with E-state index in [0.717, 1.165) is 51.9 Å². The van der Waals surface area contributed by atoms with Crippen molar-refractivity contribution in [1.29, 1.82) is 0 Å². The number of carbonyl (C=O) groups is 1. The van der Waals surface area contributed by atoms with E-state index in [1.807, 2.05) is 0 Å². The summed E-state index contributed by atoms with van der Waals surface area (Å²) in [7, 11) is 1.74. The summed E-state index contributed by atoms with van der Waals surface area (Å²) < 4.78 is 5.10. The number of hydrogen-bond acceptors (Lipinski definition) is 4. The first-order chi connectivity index (χ1) is 9.69. The molecule has 116 valence electrons. The Hall–Kier alpha value is -0.650. The number of carbonyl (C=O) groups excluding carboxylic acids is 1. The van der Waals surface area contributed by atoms with Gasteiger partial charge in [-0.15, -0.1) is 0 Å². The Morgan fingerprint density at radius 1 is 1.30 bits per heavy atom. The molecule has 20 heavy (non-hydrogen) atoms. The van der Waals surface area contributed by atoms with Gasteiger partial charge in [0.05, 0.1) is 6.61 Å². The lowest BCUT2D eigenvalue weighted by Crippen LogP contribution is -2.46. The van der Waals surface area contributed by atoms with Gasteiger partial charge in [0.2, 0.25) is 5.91 Å². The minimum absolute atomic E-state index is 0.197. The molecule has 1 saturated heterocycles. The molecule has 0 unspecified atom stereocenters. The molecule has 1 heterocycles. The van der Waals surface area contributed by atoms with Crippen LogP contribution in [0.5, 0.6) is 0 Å². The zero-order valence-electron chi connectivity index (χ0n) is 12.6. The Kier molecular flexibility index (Phi) is 6.26. The van der Waals surface area contributed by atoms with Crippen LogP contribution in [0.2, 0.25) is 0 Å². The number of nitrogens with zero attached hydrogens (tertiary/aromatic N) is 1. The number of ether oxygens (including phenoxy) is 1. The first kappa shape index (κ1) is 15.7.